The van der Waals surface area contributed by atoms with Gasteiger partial charge in [0, 0.05) is 61.2 Å². The molecule has 246 valence electrons. The van der Waals surface area contributed by atoms with Crippen LogP contribution in [0.25, 0.3) is 22.4 Å². The highest BCUT2D eigenvalue weighted by Gasteiger charge is 2.50. The number of anilines is 1. The fourth-order valence-electron chi connectivity index (χ4n) is 6.68. The first kappa shape index (κ1) is 31.9. The van der Waals surface area contributed by atoms with E-state index in [1.807, 2.05) is 30.3 Å². The molecule has 4 aliphatic rings. The van der Waals surface area contributed by atoms with E-state index in [1.165, 1.54) is 11.1 Å². The monoisotopic (exact) mass is 679 g/mol. The molecule has 4 heterocycles. The molecule has 3 aliphatic heterocycles. The molecule has 1 aliphatic carbocycles. The van der Waals surface area contributed by atoms with Gasteiger partial charge < -0.3 is 39.8 Å². The van der Waals surface area contributed by atoms with Crippen molar-refractivity contribution in [2.45, 2.75) is 49.9 Å². The summed E-state index contributed by atoms with van der Waals surface area (Å²) in [5.41, 5.74) is 5.04. The Morgan fingerprint density at radius 2 is 1.81 bits per heavy atom. The molecule has 0 saturated carbocycles. The number of likely N-dealkylation sites (N-methyl/N-ethyl adjacent to an activating group) is 2. The zero-order chi connectivity index (χ0) is 33.0. The van der Waals surface area contributed by atoms with Crippen LogP contribution in [0.2, 0.25) is 10.0 Å². The van der Waals surface area contributed by atoms with Crippen LogP contribution in [0.1, 0.15) is 30.0 Å². The van der Waals surface area contributed by atoms with E-state index in [9.17, 15) is 14.7 Å². The largest absolute Gasteiger partial charge is 0.481 e. The maximum absolute atomic E-state index is 13.3. The molecule has 13 heteroatoms. The van der Waals surface area contributed by atoms with Crippen LogP contribution in [0, 0.1) is 0 Å². The Kier molecular flexibility index (Phi) is 8.62. The first-order valence-electron chi connectivity index (χ1n) is 15.5. The molecule has 11 nitrogen and oxygen atoms in total. The summed E-state index contributed by atoms with van der Waals surface area (Å²) in [6, 6.07) is 12.9. The average molecular weight is 681 g/mol. The smallest absolute Gasteiger partial charge is 0.262 e. The number of hydrogen-bond donors (Lipinski definition) is 3. The maximum Gasteiger partial charge on any atom is 0.262 e. The van der Waals surface area contributed by atoms with Crippen LogP contribution < -0.4 is 15.4 Å². The van der Waals surface area contributed by atoms with Crippen LogP contribution in [0.5, 0.6) is 5.88 Å². The predicted molar refractivity (Wildman–Crippen MR) is 177 cm³/mol. The van der Waals surface area contributed by atoms with E-state index in [1.54, 1.807) is 38.2 Å². The number of epoxide rings is 1. The summed E-state index contributed by atoms with van der Waals surface area (Å²) in [6.07, 6.45) is 2.67. The number of carbonyl (C=O) groups is 2. The molecule has 0 radical (unpaired) electrons. The molecule has 2 aromatic carbocycles. The Balaban J connectivity index is 1.17. The van der Waals surface area contributed by atoms with Gasteiger partial charge in [-0.05, 0) is 37.0 Å². The number of ether oxygens (including phenoxy) is 3. The van der Waals surface area contributed by atoms with E-state index in [-0.39, 0.29) is 35.1 Å². The number of aryl methyl sites for hydroxylation is 1. The topological polar surface area (TPSA) is 129 Å². The molecule has 0 bridgehead atoms. The van der Waals surface area contributed by atoms with Gasteiger partial charge in [0.15, 0.2) is 12.5 Å². The highest BCUT2D eigenvalue weighted by Crippen LogP contribution is 2.44. The van der Waals surface area contributed by atoms with Crippen LogP contribution in [-0.2, 0) is 25.5 Å². The molecule has 2 saturated heterocycles. The second kappa shape index (κ2) is 12.7. The third kappa shape index (κ3) is 5.85. The normalized spacial score (nSPS) is 25.1. The SMILES string of the molecule is COc1nc(-c2cccc(-c3cccc(NC(=O)C4=CN(C)C5OC5N(C)C4=O)c3Cl)c2Cl)cc2c1C(N[C@H]1CCOC[C@@H]1O)CC2. The van der Waals surface area contributed by atoms with E-state index in [0.29, 0.717) is 52.2 Å². The molecule has 2 fully saturated rings. The van der Waals surface area contributed by atoms with Gasteiger partial charge in [-0.1, -0.05) is 53.5 Å². The number of amides is 2. The van der Waals surface area contributed by atoms with Gasteiger partial charge in [0.2, 0.25) is 5.88 Å². The summed E-state index contributed by atoms with van der Waals surface area (Å²) in [5.74, 6) is -0.508. The summed E-state index contributed by atoms with van der Waals surface area (Å²) in [7, 11) is 4.97. The van der Waals surface area contributed by atoms with Gasteiger partial charge in [-0.15, -0.1) is 0 Å². The lowest BCUT2D eigenvalue weighted by molar-refractivity contribution is -0.129. The van der Waals surface area contributed by atoms with Gasteiger partial charge in [0.05, 0.1) is 41.2 Å². The molecular formula is C34H35Cl2N5O6. The van der Waals surface area contributed by atoms with Crippen molar-refractivity contribution >= 4 is 40.7 Å². The Hall–Kier alpha value is -3.71. The number of halogens is 2. The van der Waals surface area contributed by atoms with E-state index in [0.717, 1.165) is 30.4 Å². The van der Waals surface area contributed by atoms with Crippen molar-refractivity contribution in [2.75, 3.05) is 39.7 Å². The van der Waals surface area contributed by atoms with Crippen molar-refractivity contribution in [1.82, 2.24) is 20.1 Å². The van der Waals surface area contributed by atoms with Crippen LogP contribution in [0.15, 0.2) is 54.2 Å². The van der Waals surface area contributed by atoms with Crippen molar-refractivity contribution in [3.05, 3.63) is 75.4 Å². The van der Waals surface area contributed by atoms with Crippen LogP contribution in [0.4, 0.5) is 5.69 Å². The third-order valence-corrected chi connectivity index (χ3v) is 10.1. The number of benzene rings is 2. The minimum absolute atomic E-state index is 0.00155. The van der Waals surface area contributed by atoms with Crippen molar-refractivity contribution in [1.29, 1.82) is 0 Å². The lowest BCUT2D eigenvalue weighted by Crippen LogP contribution is -2.47. The zero-order valence-corrected chi connectivity index (χ0v) is 27.6. The van der Waals surface area contributed by atoms with Gasteiger partial charge in [-0.25, -0.2) is 4.98 Å². The lowest BCUT2D eigenvalue weighted by Gasteiger charge is -2.31. The fraction of sp³-hybridized carbons (Fsp3) is 0.382. The van der Waals surface area contributed by atoms with Crippen molar-refractivity contribution < 1.29 is 28.9 Å². The Morgan fingerprint density at radius 3 is 2.57 bits per heavy atom. The molecule has 1 aromatic heterocycles. The number of aliphatic hydroxyl groups is 1. The Morgan fingerprint density at radius 1 is 1.06 bits per heavy atom. The third-order valence-electron chi connectivity index (χ3n) is 9.26. The summed E-state index contributed by atoms with van der Waals surface area (Å²) < 4.78 is 16.7. The maximum atomic E-state index is 13.3. The molecule has 7 rings (SSSR count). The first-order valence-corrected chi connectivity index (χ1v) is 16.3. The number of fused-ring (bicyclic) bond motifs is 2. The summed E-state index contributed by atoms with van der Waals surface area (Å²) >= 11 is 14.0. The summed E-state index contributed by atoms with van der Waals surface area (Å²) in [6.45, 7) is 0.934. The number of nitrogens with one attached hydrogen (secondary N) is 2. The summed E-state index contributed by atoms with van der Waals surface area (Å²) in [5, 5.41) is 17.6. The number of aromatic nitrogens is 1. The van der Waals surface area contributed by atoms with E-state index in [4.69, 9.17) is 42.4 Å². The zero-order valence-electron chi connectivity index (χ0n) is 26.1. The number of methoxy groups -OCH3 is 1. The fourth-order valence-corrected chi connectivity index (χ4v) is 7.28. The number of nitrogens with zero attached hydrogens (tertiary/aromatic N) is 3. The number of aliphatic hydroxyl groups excluding tert-OH is 1. The second-order valence-electron chi connectivity index (χ2n) is 12.2. The lowest BCUT2D eigenvalue weighted by atomic mass is 9.99. The van der Waals surface area contributed by atoms with Gasteiger partial charge in [-0.3, -0.25) is 9.59 Å². The Bertz CT molecular complexity index is 1790. The van der Waals surface area contributed by atoms with Crippen LogP contribution in [0.3, 0.4) is 0 Å². The average Bonchev–Trinajstić information content (AvgIpc) is 3.79. The second-order valence-corrected chi connectivity index (χ2v) is 13.0. The molecule has 3 aromatic rings. The quantitative estimate of drug-likeness (QED) is 0.246. The minimum atomic E-state index is -0.581. The number of carbonyl (C=O) groups excluding carboxylic acids is 2. The molecule has 47 heavy (non-hydrogen) atoms. The van der Waals surface area contributed by atoms with Crippen molar-refractivity contribution in [3.8, 4) is 28.3 Å². The van der Waals surface area contributed by atoms with Gasteiger partial charge in [-0.2, -0.15) is 0 Å². The first-order chi connectivity index (χ1) is 22.7. The molecule has 0 spiro atoms. The number of rotatable bonds is 7. The minimum Gasteiger partial charge on any atom is -0.481 e. The van der Waals surface area contributed by atoms with Gasteiger partial charge in [0.1, 0.15) is 5.57 Å². The van der Waals surface area contributed by atoms with Crippen molar-refractivity contribution in [2.24, 2.45) is 0 Å². The highest BCUT2D eigenvalue weighted by atomic mass is 35.5. The molecule has 5 atom stereocenters. The van der Waals surface area contributed by atoms with E-state index in [2.05, 4.69) is 10.6 Å². The number of pyridine rings is 1. The number of hydrogen-bond acceptors (Lipinski definition) is 9. The molecule has 2 amide bonds. The van der Waals surface area contributed by atoms with E-state index < -0.39 is 17.9 Å². The molecular weight excluding hydrogens is 645 g/mol. The van der Waals surface area contributed by atoms with Crippen LogP contribution in [-0.4, -0.2) is 90.7 Å². The Labute approximate surface area is 282 Å². The van der Waals surface area contributed by atoms with Crippen LogP contribution >= 0.6 is 23.2 Å². The standard InChI is InChI=1S/C34H35Cl2N5O6/c1-40-15-21(32(44)41(2)34-33(40)47-34)30(43)38-24-9-5-7-19(29(24)36)18-6-4-8-20(28(18)35)25-14-17-10-11-23(27(17)31(39-25)45-3)37-22-12-13-46-16-26(22)42/h4-9,14-15,22-23,26,33-34,37,42H,10-13,16H2,1-3H3,(H,38,43)/t22-,23?,26-,33?,34?/m0/s1. The highest BCUT2D eigenvalue weighted by molar-refractivity contribution is 6.40. The van der Waals surface area contributed by atoms with Crippen molar-refractivity contribution in [3.63, 3.8) is 0 Å². The van der Waals surface area contributed by atoms with Gasteiger partial charge in [0.25, 0.3) is 11.8 Å². The molecule has 3 N–H and O–H groups in total. The van der Waals surface area contributed by atoms with Gasteiger partial charge >= 0.3 is 0 Å². The summed E-state index contributed by atoms with van der Waals surface area (Å²) in [4.78, 5) is 34.3. The van der Waals surface area contributed by atoms with E-state index >= 15 is 0 Å². The molecule has 3 unspecified atom stereocenters. The predicted octanol–water partition coefficient (Wildman–Crippen LogP) is 4.37.